The van der Waals surface area contributed by atoms with E-state index in [4.69, 9.17) is 4.74 Å². The van der Waals surface area contributed by atoms with E-state index in [1.54, 1.807) is 12.3 Å². The van der Waals surface area contributed by atoms with Crippen molar-refractivity contribution < 1.29 is 4.74 Å². The molecule has 1 aliphatic rings. The molecule has 4 N–H and O–H groups in total. The van der Waals surface area contributed by atoms with Crippen LogP contribution in [0.25, 0.3) is 11.0 Å². The van der Waals surface area contributed by atoms with Gasteiger partial charge in [0, 0.05) is 17.9 Å². The van der Waals surface area contributed by atoms with Crippen molar-refractivity contribution in [1.29, 1.82) is 0 Å². The first kappa shape index (κ1) is 15.7. The first-order chi connectivity index (χ1) is 12.3. The standard InChI is InChI=1S/C18H21N5O2/c24-17-15-7-10-20-16(15)22-18(23-17)21-13-3-5-14(6-4-13)25-11-8-12-2-1-9-19-12/h3-7,10,12,19H,1-2,8-9,11H2,(H3,20,21,22,23,24). The van der Waals surface area contributed by atoms with Crippen molar-refractivity contribution >= 4 is 22.7 Å². The molecule has 0 amide bonds. The Bertz CT molecular complexity index is 894. The van der Waals surface area contributed by atoms with Crippen LogP contribution in [0.1, 0.15) is 19.3 Å². The lowest BCUT2D eigenvalue weighted by atomic mass is 10.2. The highest BCUT2D eigenvalue weighted by molar-refractivity contribution is 5.75. The Balaban J connectivity index is 1.36. The molecule has 0 spiro atoms. The van der Waals surface area contributed by atoms with Crippen LogP contribution in [-0.2, 0) is 0 Å². The lowest BCUT2D eigenvalue weighted by Crippen LogP contribution is -2.23. The number of benzene rings is 1. The molecule has 1 aliphatic heterocycles. The normalized spacial score (nSPS) is 17.0. The van der Waals surface area contributed by atoms with Crippen molar-refractivity contribution in [2.24, 2.45) is 0 Å². The van der Waals surface area contributed by atoms with Crippen LogP contribution in [0.2, 0.25) is 0 Å². The third kappa shape index (κ3) is 3.66. The number of hydrogen-bond acceptors (Lipinski definition) is 5. The van der Waals surface area contributed by atoms with Crippen molar-refractivity contribution in [2.45, 2.75) is 25.3 Å². The SMILES string of the molecule is O=c1[nH]c(Nc2ccc(OCCC3CCCN3)cc2)nc2[nH]ccc12. The van der Waals surface area contributed by atoms with Crippen molar-refractivity contribution in [2.75, 3.05) is 18.5 Å². The summed E-state index contributed by atoms with van der Waals surface area (Å²) in [6.07, 6.45) is 5.23. The molecule has 1 unspecified atom stereocenters. The van der Waals surface area contributed by atoms with Gasteiger partial charge in [0.05, 0.1) is 12.0 Å². The van der Waals surface area contributed by atoms with Crippen LogP contribution >= 0.6 is 0 Å². The van der Waals surface area contributed by atoms with Gasteiger partial charge < -0.3 is 20.4 Å². The van der Waals surface area contributed by atoms with Gasteiger partial charge in [0.15, 0.2) is 0 Å². The maximum atomic E-state index is 12.0. The summed E-state index contributed by atoms with van der Waals surface area (Å²) in [4.78, 5) is 22.0. The first-order valence-electron chi connectivity index (χ1n) is 8.58. The zero-order valence-electron chi connectivity index (χ0n) is 13.8. The lowest BCUT2D eigenvalue weighted by molar-refractivity contribution is 0.292. The number of rotatable bonds is 6. The summed E-state index contributed by atoms with van der Waals surface area (Å²) in [6.45, 7) is 1.83. The smallest absolute Gasteiger partial charge is 0.261 e. The highest BCUT2D eigenvalue weighted by atomic mass is 16.5. The molecule has 7 nitrogen and oxygen atoms in total. The van der Waals surface area contributed by atoms with Gasteiger partial charge in [-0.2, -0.15) is 4.98 Å². The lowest BCUT2D eigenvalue weighted by Gasteiger charge is -2.12. The third-order valence-electron chi connectivity index (χ3n) is 4.44. The van der Waals surface area contributed by atoms with Crippen molar-refractivity contribution in [3.8, 4) is 5.75 Å². The monoisotopic (exact) mass is 339 g/mol. The third-order valence-corrected chi connectivity index (χ3v) is 4.44. The highest BCUT2D eigenvalue weighted by Gasteiger charge is 2.13. The van der Waals surface area contributed by atoms with E-state index in [0.717, 1.165) is 24.4 Å². The van der Waals surface area contributed by atoms with E-state index in [-0.39, 0.29) is 5.56 Å². The predicted octanol–water partition coefficient (Wildman–Crippen LogP) is 2.52. The van der Waals surface area contributed by atoms with E-state index in [9.17, 15) is 4.79 Å². The molecule has 0 saturated carbocycles. The van der Waals surface area contributed by atoms with Gasteiger partial charge in [-0.15, -0.1) is 0 Å². The fraction of sp³-hybridized carbons (Fsp3) is 0.333. The molecule has 1 fully saturated rings. The Labute approximate surface area is 144 Å². The number of nitrogens with one attached hydrogen (secondary N) is 4. The van der Waals surface area contributed by atoms with E-state index >= 15 is 0 Å². The van der Waals surface area contributed by atoms with Crippen LogP contribution in [0.15, 0.2) is 41.3 Å². The van der Waals surface area contributed by atoms with Crippen LogP contribution in [0.5, 0.6) is 5.75 Å². The van der Waals surface area contributed by atoms with Gasteiger partial charge in [0.25, 0.3) is 5.56 Å². The number of ether oxygens (including phenoxy) is 1. The molecule has 3 heterocycles. The zero-order chi connectivity index (χ0) is 17.1. The molecule has 1 aromatic carbocycles. The minimum absolute atomic E-state index is 0.172. The zero-order valence-corrected chi connectivity index (χ0v) is 13.8. The van der Waals surface area contributed by atoms with Crippen LogP contribution in [0, 0.1) is 0 Å². The Kier molecular flexibility index (Phi) is 4.39. The van der Waals surface area contributed by atoms with Gasteiger partial charge in [-0.1, -0.05) is 0 Å². The second-order valence-corrected chi connectivity index (χ2v) is 6.23. The number of H-pyrrole nitrogens is 2. The minimum atomic E-state index is -0.172. The van der Waals surface area contributed by atoms with Crippen molar-refractivity contribution in [3.63, 3.8) is 0 Å². The first-order valence-corrected chi connectivity index (χ1v) is 8.58. The van der Waals surface area contributed by atoms with Crippen LogP contribution in [-0.4, -0.2) is 34.1 Å². The molecule has 25 heavy (non-hydrogen) atoms. The topological polar surface area (TPSA) is 94.8 Å². The number of nitrogens with zero attached hydrogens (tertiary/aromatic N) is 1. The fourth-order valence-corrected chi connectivity index (χ4v) is 3.10. The predicted molar refractivity (Wildman–Crippen MR) is 97.6 cm³/mol. The molecule has 3 aromatic rings. The Morgan fingerprint density at radius 2 is 2.12 bits per heavy atom. The van der Waals surface area contributed by atoms with E-state index in [1.807, 2.05) is 24.3 Å². The van der Waals surface area contributed by atoms with Gasteiger partial charge >= 0.3 is 0 Å². The number of hydrogen-bond donors (Lipinski definition) is 4. The van der Waals surface area contributed by atoms with E-state index in [2.05, 4.69) is 25.6 Å². The number of anilines is 2. The maximum absolute atomic E-state index is 12.0. The largest absolute Gasteiger partial charge is 0.494 e. The van der Waals surface area contributed by atoms with E-state index < -0.39 is 0 Å². The molecule has 1 atom stereocenters. The van der Waals surface area contributed by atoms with Gasteiger partial charge in [0.2, 0.25) is 5.95 Å². The quantitative estimate of drug-likeness (QED) is 0.553. The molecule has 0 radical (unpaired) electrons. The molecular formula is C18H21N5O2. The summed E-state index contributed by atoms with van der Waals surface area (Å²) in [5, 5.41) is 7.12. The minimum Gasteiger partial charge on any atom is -0.494 e. The Morgan fingerprint density at radius 3 is 2.92 bits per heavy atom. The summed E-state index contributed by atoms with van der Waals surface area (Å²) in [6, 6.07) is 9.93. The van der Waals surface area contributed by atoms with Gasteiger partial charge in [0.1, 0.15) is 11.4 Å². The molecule has 130 valence electrons. The summed E-state index contributed by atoms with van der Waals surface area (Å²) < 4.78 is 5.79. The van der Waals surface area contributed by atoms with Gasteiger partial charge in [-0.3, -0.25) is 9.78 Å². The van der Waals surface area contributed by atoms with Crippen molar-refractivity contribution in [1.82, 2.24) is 20.3 Å². The average molecular weight is 339 g/mol. The maximum Gasteiger partial charge on any atom is 0.261 e. The number of fused-ring (bicyclic) bond motifs is 1. The molecular weight excluding hydrogens is 318 g/mol. The summed E-state index contributed by atoms with van der Waals surface area (Å²) in [7, 11) is 0. The number of aromatic amines is 2. The Hall–Kier alpha value is -2.80. The van der Waals surface area contributed by atoms with E-state index in [0.29, 0.717) is 29.6 Å². The second-order valence-electron chi connectivity index (χ2n) is 6.23. The Morgan fingerprint density at radius 1 is 1.24 bits per heavy atom. The number of aromatic nitrogens is 3. The van der Waals surface area contributed by atoms with E-state index in [1.165, 1.54) is 12.8 Å². The second kappa shape index (κ2) is 6.98. The molecule has 0 bridgehead atoms. The van der Waals surface area contributed by atoms with Crippen LogP contribution < -0.4 is 20.9 Å². The van der Waals surface area contributed by atoms with Crippen molar-refractivity contribution in [3.05, 3.63) is 46.9 Å². The summed E-state index contributed by atoms with van der Waals surface area (Å²) in [5.41, 5.74) is 1.22. The molecule has 1 saturated heterocycles. The van der Waals surface area contributed by atoms with Gasteiger partial charge in [-0.25, -0.2) is 0 Å². The molecule has 2 aromatic heterocycles. The molecule has 0 aliphatic carbocycles. The van der Waals surface area contributed by atoms with Gasteiger partial charge in [-0.05, 0) is 56.1 Å². The van der Waals surface area contributed by atoms with Crippen LogP contribution in [0.3, 0.4) is 0 Å². The molecule has 4 rings (SSSR count). The summed E-state index contributed by atoms with van der Waals surface area (Å²) >= 11 is 0. The average Bonchev–Trinajstić information content (AvgIpc) is 3.28. The van der Waals surface area contributed by atoms with Crippen LogP contribution in [0.4, 0.5) is 11.6 Å². The molecule has 7 heteroatoms. The summed E-state index contributed by atoms with van der Waals surface area (Å²) in [5.74, 6) is 1.24. The highest BCUT2D eigenvalue weighted by Crippen LogP contribution is 2.19. The fourth-order valence-electron chi connectivity index (χ4n) is 3.10.